The number of hydrogen-bond acceptors (Lipinski definition) is 7. The van der Waals surface area contributed by atoms with E-state index in [4.69, 9.17) is 25.5 Å². The molecule has 0 radical (unpaired) electrons. The van der Waals surface area contributed by atoms with Crippen molar-refractivity contribution < 1.29 is 30.0 Å². The summed E-state index contributed by atoms with van der Waals surface area (Å²) < 4.78 is 4.70. The summed E-state index contributed by atoms with van der Waals surface area (Å²) >= 11 is 0. The minimum atomic E-state index is -1.35. The van der Waals surface area contributed by atoms with Crippen molar-refractivity contribution in [3.05, 3.63) is 0 Å². The molecule has 1 heterocycles. The van der Waals surface area contributed by atoms with Crippen molar-refractivity contribution in [1.29, 1.82) is 0 Å². The van der Waals surface area contributed by atoms with Crippen molar-refractivity contribution in [3.63, 3.8) is 0 Å². The van der Waals surface area contributed by atoms with Gasteiger partial charge in [-0.15, -0.1) is 0 Å². The van der Waals surface area contributed by atoms with E-state index in [9.17, 15) is 10.2 Å². The first-order valence-corrected chi connectivity index (χ1v) is 4.42. The van der Waals surface area contributed by atoms with Crippen LogP contribution in [0.2, 0.25) is 0 Å². The summed E-state index contributed by atoms with van der Waals surface area (Å²) in [7, 11) is 0. The molecule has 0 aromatic rings. The minimum Gasteiger partial charge on any atom is -0.394 e. The Morgan fingerprint density at radius 1 is 1.19 bits per heavy atom. The van der Waals surface area contributed by atoms with E-state index >= 15 is 0 Å². The normalized spacial score (nSPS) is 38.4. The summed E-state index contributed by atoms with van der Waals surface area (Å²) in [6, 6.07) is -1.87. The average Bonchev–Trinajstić information content (AvgIpc) is 2.19. The molecule has 0 unspecified atom stereocenters. The number of carbonyl (C=O) groups excluding carboxylic acids is 1. The number of rotatable bonds is 1. The van der Waals surface area contributed by atoms with Crippen molar-refractivity contribution >= 4 is 6.03 Å². The van der Waals surface area contributed by atoms with Crippen molar-refractivity contribution in [2.24, 2.45) is 17.2 Å². The summed E-state index contributed by atoms with van der Waals surface area (Å²) in [4.78, 5) is 9.00. The van der Waals surface area contributed by atoms with Crippen LogP contribution in [0.25, 0.3) is 0 Å². The largest absolute Gasteiger partial charge is 0.394 e. The number of nitrogens with two attached hydrogens (primary N) is 3. The van der Waals surface area contributed by atoms with Crippen LogP contribution in [0, 0.1) is 0 Å². The molecule has 0 bridgehead atoms. The maximum absolute atomic E-state index is 9.20. The van der Waals surface area contributed by atoms with Gasteiger partial charge in [0.1, 0.15) is 18.3 Å². The van der Waals surface area contributed by atoms with E-state index in [1.54, 1.807) is 0 Å². The van der Waals surface area contributed by atoms with Gasteiger partial charge in [0.05, 0.1) is 12.6 Å². The van der Waals surface area contributed by atoms with E-state index in [-0.39, 0.29) is 0 Å². The molecule has 2 amide bonds. The summed E-state index contributed by atoms with van der Waals surface area (Å²) in [5, 5.41) is 36.1. The fraction of sp³-hybridized carbons (Fsp3) is 0.857. The summed E-state index contributed by atoms with van der Waals surface area (Å²) in [5.41, 5.74) is 13.8. The maximum Gasteiger partial charge on any atom is 0.309 e. The highest BCUT2D eigenvalue weighted by Gasteiger charge is 2.41. The lowest BCUT2D eigenvalue weighted by Crippen LogP contribution is -2.61. The molecule has 1 fully saturated rings. The highest BCUT2D eigenvalue weighted by molar-refractivity contribution is 5.69. The summed E-state index contributed by atoms with van der Waals surface area (Å²) in [6.45, 7) is -0.470. The molecule has 0 aromatic carbocycles. The van der Waals surface area contributed by atoms with Gasteiger partial charge in [0.15, 0.2) is 6.29 Å². The first-order chi connectivity index (χ1) is 7.31. The maximum atomic E-state index is 9.20. The quantitative estimate of drug-likeness (QED) is 0.241. The Balaban J connectivity index is 0.000000487. The van der Waals surface area contributed by atoms with Crippen LogP contribution < -0.4 is 17.2 Å². The summed E-state index contributed by atoms with van der Waals surface area (Å²) in [5.74, 6) is 0. The monoisotopic (exact) mass is 239 g/mol. The average molecular weight is 239 g/mol. The van der Waals surface area contributed by atoms with Crippen molar-refractivity contribution in [2.45, 2.75) is 30.6 Å². The molecule has 0 spiro atoms. The third-order valence-corrected chi connectivity index (χ3v) is 1.95. The third kappa shape index (κ3) is 4.26. The zero-order chi connectivity index (χ0) is 12.9. The van der Waals surface area contributed by atoms with E-state index in [1.165, 1.54) is 0 Å². The molecule has 1 saturated heterocycles. The number of aliphatic hydroxyl groups excluding tert-OH is 4. The fourth-order valence-corrected chi connectivity index (χ4v) is 1.12. The van der Waals surface area contributed by atoms with Crippen LogP contribution in [0.3, 0.4) is 0 Å². The van der Waals surface area contributed by atoms with Crippen LogP contribution in [0.5, 0.6) is 0 Å². The number of amides is 2. The van der Waals surface area contributed by atoms with Gasteiger partial charge in [-0.3, -0.25) is 0 Å². The lowest BCUT2D eigenvalue weighted by atomic mass is 9.98. The highest BCUT2D eigenvalue weighted by atomic mass is 16.6. The number of ether oxygens (including phenoxy) is 1. The van der Waals surface area contributed by atoms with Crippen LogP contribution >= 0.6 is 0 Å². The number of carbonyl (C=O) groups is 1. The lowest BCUT2D eigenvalue weighted by Gasteiger charge is -2.38. The molecular formula is C7H17N3O6. The predicted molar refractivity (Wildman–Crippen MR) is 51.7 cm³/mol. The SMILES string of the molecule is NC(N)=O.N[C@@H]1[C@@H](O)[C@H](O)[C@@H](CO)O[C@H]1O. The number of aliphatic hydroxyl groups is 4. The van der Waals surface area contributed by atoms with E-state index < -0.39 is 43.3 Å². The number of primary amides is 2. The Morgan fingerprint density at radius 3 is 2.00 bits per heavy atom. The molecule has 10 N–H and O–H groups in total. The second-order valence-electron chi connectivity index (χ2n) is 3.21. The Morgan fingerprint density at radius 2 is 1.62 bits per heavy atom. The van der Waals surface area contributed by atoms with Gasteiger partial charge in [-0.1, -0.05) is 0 Å². The topological polar surface area (TPSA) is 185 Å². The molecule has 16 heavy (non-hydrogen) atoms. The van der Waals surface area contributed by atoms with Gasteiger partial charge in [0.2, 0.25) is 0 Å². The van der Waals surface area contributed by atoms with Gasteiger partial charge in [-0.2, -0.15) is 0 Å². The fourth-order valence-electron chi connectivity index (χ4n) is 1.12. The molecule has 0 aliphatic carbocycles. The van der Waals surface area contributed by atoms with Crippen molar-refractivity contribution in [2.75, 3.05) is 6.61 Å². The molecule has 9 nitrogen and oxygen atoms in total. The van der Waals surface area contributed by atoms with Gasteiger partial charge >= 0.3 is 6.03 Å². The van der Waals surface area contributed by atoms with Gasteiger partial charge in [-0.25, -0.2) is 4.79 Å². The first kappa shape index (κ1) is 15.0. The molecule has 1 aliphatic rings. The molecular weight excluding hydrogens is 222 g/mol. The molecule has 9 heteroatoms. The molecule has 0 aromatic heterocycles. The van der Waals surface area contributed by atoms with Crippen molar-refractivity contribution in [3.8, 4) is 0 Å². The number of hydrogen-bond donors (Lipinski definition) is 7. The van der Waals surface area contributed by atoms with E-state index in [0.29, 0.717) is 0 Å². The Labute approximate surface area is 91.4 Å². The molecule has 1 rings (SSSR count). The predicted octanol–water partition coefficient (Wildman–Crippen LogP) is -4.23. The third-order valence-electron chi connectivity index (χ3n) is 1.95. The Kier molecular flexibility index (Phi) is 6.18. The Hall–Kier alpha value is -0.970. The van der Waals surface area contributed by atoms with Gasteiger partial charge < -0.3 is 42.4 Å². The Bertz CT molecular complexity index is 219. The van der Waals surface area contributed by atoms with E-state index in [0.717, 1.165) is 0 Å². The smallest absolute Gasteiger partial charge is 0.309 e. The lowest BCUT2D eigenvalue weighted by molar-refractivity contribution is -0.248. The van der Waals surface area contributed by atoms with Crippen LogP contribution in [-0.4, -0.2) is 63.7 Å². The van der Waals surface area contributed by atoms with Crippen LogP contribution in [0.1, 0.15) is 0 Å². The van der Waals surface area contributed by atoms with Gasteiger partial charge in [0.25, 0.3) is 0 Å². The van der Waals surface area contributed by atoms with E-state index in [1.807, 2.05) is 0 Å². The molecule has 0 saturated carbocycles. The first-order valence-electron chi connectivity index (χ1n) is 4.42. The zero-order valence-electron chi connectivity index (χ0n) is 8.43. The second kappa shape index (κ2) is 6.58. The second-order valence-corrected chi connectivity index (χ2v) is 3.21. The zero-order valence-corrected chi connectivity index (χ0v) is 8.43. The van der Waals surface area contributed by atoms with Crippen LogP contribution in [-0.2, 0) is 4.74 Å². The van der Waals surface area contributed by atoms with Crippen molar-refractivity contribution in [1.82, 2.24) is 0 Å². The van der Waals surface area contributed by atoms with Gasteiger partial charge in [0, 0.05) is 0 Å². The van der Waals surface area contributed by atoms with Crippen LogP contribution in [0.15, 0.2) is 0 Å². The molecule has 1 aliphatic heterocycles. The molecule has 5 atom stereocenters. The van der Waals surface area contributed by atoms with Crippen LogP contribution in [0.4, 0.5) is 4.79 Å². The summed E-state index contributed by atoms with van der Waals surface area (Å²) in [6.07, 6.45) is -4.85. The minimum absolute atomic E-state index is 0.470. The number of urea groups is 1. The highest BCUT2D eigenvalue weighted by Crippen LogP contribution is 2.17. The van der Waals surface area contributed by atoms with Gasteiger partial charge in [-0.05, 0) is 0 Å². The molecule has 96 valence electrons. The van der Waals surface area contributed by atoms with E-state index in [2.05, 4.69) is 11.5 Å². The standard InChI is InChI=1S/C6H13NO5.CH4N2O/c7-3-5(10)4(9)2(1-8)12-6(3)11;2-1(3)4/h2-6,8-11H,1,7H2;(H4,2,3,4)/t2-,3-,4-,5-,6-;/m1./s1.